The second-order valence-electron chi connectivity index (χ2n) is 14.4. The second kappa shape index (κ2) is 31.2. The maximum atomic E-state index is 3.71. The maximum Gasteiger partial charge on any atom is 0.257 e. The van der Waals surface area contributed by atoms with E-state index in [2.05, 4.69) is 49.6 Å². The molecule has 0 aliphatic carbocycles. The number of unbranched alkanes of at least 4 members (excludes halogenated alkanes) is 26. The number of H-pyrrole nitrogens is 1. The van der Waals surface area contributed by atoms with Crippen molar-refractivity contribution < 1.29 is 4.57 Å². The minimum atomic E-state index is 0.620. The zero-order valence-electron chi connectivity index (χ0n) is 30.4. The average Bonchev–Trinajstić information content (AvgIpc) is 3.51. The molecule has 0 bridgehead atoms. The van der Waals surface area contributed by atoms with Crippen LogP contribution in [0.25, 0.3) is 0 Å². The molecule has 0 aliphatic heterocycles. The Balaban J connectivity index is 2.17. The lowest BCUT2D eigenvalue weighted by atomic mass is 9.93. The van der Waals surface area contributed by atoms with Crippen LogP contribution >= 0.6 is 0 Å². The number of aromatic nitrogens is 2. The topological polar surface area (TPSA) is 19.7 Å². The van der Waals surface area contributed by atoms with Gasteiger partial charge in [0.15, 0.2) is 0 Å². The molecule has 1 N–H and O–H groups in total. The van der Waals surface area contributed by atoms with E-state index in [9.17, 15) is 0 Å². The molecule has 0 saturated heterocycles. The number of hydrogen-bond donors (Lipinski definition) is 1. The van der Waals surface area contributed by atoms with Crippen LogP contribution in [0, 0.1) is 0 Å². The van der Waals surface area contributed by atoms with Crippen molar-refractivity contribution in [3.05, 3.63) is 18.2 Å². The van der Waals surface area contributed by atoms with Crippen molar-refractivity contribution >= 4 is 0 Å². The Hall–Kier alpha value is -0.790. The van der Waals surface area contributed by atoms with Crippen LogP contribution in [0.1, 0.15) is 251 Å². The molecule has 2 nitrogen and oxygen atoms in total. The zero-order valence-corrected chi connectivity index (χ0v) is 30.4. The van der Waals surface area contributed by atoms with Crippen LogP contribution in [-0.2, 0) is 0 Å². The van der Waals surface area contributed by atoms with Crippen molar-refractivity contribution in [1.29, 1.82) is 0 Å². The lowest BCUT2D eigenvalue weighted by Gasteiger charge is -2.17. The quantitative estimate of drug-likeness (QED) is 0.0599. The molecule has 1 heterocycles. The van der Waals surface area contributed by atoms with Gasteiger partial charge in [-0.15, -0.1) is 0 Å². The smallest absolute Gasteiger partial charge is 0.247 e. The van der Waals surface area contributed by atoms with Crippen molar-refractivity contribution in [2.75, 3.05) is 0 Å². The summed E-state index contributed by atoms with van der Waals surface area (Å²) in [6.07, 6.45) is 50.2. The van der Waals surface area contributed by atoms with E-state index < -0.39 is 0 Å². The summed E-state index contributed by atoms with van der Waals surface area (Å²) in [6.45, 7) is 9.43. The first-order valence-corrected chi connectivity index (χ1v) is 20.3. The minimum absolute atomic E-state index is 0.620. The van der Waals surface area contributed by atoms with Crippen LogP contribution in [-0.4, -0.2) is 4.98 Å². The van der Waals surface area contributed by atoms with E-state index in [1.165, 1.54) is 211 Å². The largest absolute Gasteiger partial charge is 0.257 e. The highest BCUT2D eigenvalue weighted by Crippen LogP contribution is 2.27. The minimum Gasteiger partial charge on any atom is -0.247 e. The predicted octanol–water partition coefficient (Wildman–Crippen LogP) is 14.5. The number of aromatic amines is 1. The molecule has 0 amide bonds. The molecule has 0 fully saturated rings. The molecule has 2 atom stereocenters. The van der Waals surface area contributed by atoms with E-state index in [0.717, 1.165) is 0 Å². The van der Waals surface area contributed by atoms with E-state index in [1.54, 1.807) is 0 Å². The van der Waals surface area contributed by atoms with Gasteiger partial charge in [-0.05, 0) is 32.6 Å². The van der Waals surface area contributed by atoms with Gasteiger partial charge in [-0.2, -0.15) is 0 Å². The van der Waals surface area contributed by atoms with Gasteiger partial charge in [0, 0.05) is 0 Å². The van der Waals surface area contributed by atoms with Crippen LogP contribution in [0.4, 0.5) is 0 Å². The lowest BCUT2D eigenvalue weighted by Crippen LogP contribution is -2.41. The summed E-state index contributed by atoms with van der Waals surface area (Å²) < 4.78 is 2.62. The summed E-state index contributed by atoms with van der Waals surface area (Å²) in [5.74, 6) is 2.23. The lowest BCUT2D eigenvalue weighted by molar-refractivity contribution is -0.727. The van der Waals surface area contributed by atoms with E-state index in [4.69, 9.17) is 0 Å². The first-order valence-electron chi connectivity index (χ1n) is 20.3. The number of nitrogens with one attached hydrogen (secondary N) is 1. The van der Waals surface area contributed by atoms with E-state index in [-0.39, 0.29) is 0 Å². The number of hydrogen-bond acceptors (Lipinski definition) is 0. The third kappa shape index (κ3) is 23.2. The van der Waals surface area contributed by atoms with Crippen LogP contribution < -0.4 is 4.57 Å². The number of rotatable bonds is 34. The van der Waals surface area contributed by atoms with Crippen LogP contribution in [0.5, 0.6) is 0 Å². The van der Waals surface area contributed by atoms with Gasteiger partial charge >= 0.3 is 0 Å². The van der Waals surface area contributed by atoms with Crippen molar-refractivity contribution in [1.82, 2.24) is 4.98 Å². The Kier molecular flexibility index (Phi) is 29.2. The molecule has 1 aromatic heterocycles. The Labute approximate surface area is 272 Å². The summed E-state index contributed by atoms with van der Waals surface area (Å²) in [4.78, 5) is 3.71. The monoisotopic (exact) mass is 602 g/mol. The SMILES string of the molecule is CCCCCCCCCCCCCCCCC(C)[n+]1cc[nH]c1C(CCCC)CCCCCCCCCCCCCCC. The molecule has 0 aromatic carbocycles. The molecular formula is C41H81N2+. The second-order valence-corrected chi connectivity index (χ2v) is 14.4. The molecule has 1 rings (SSSR count). The zero-order chi connectivity index (χ0) is 31.1. The first-order chi connectivity index (χ1) is 21.2. The van der Waals surface area contributed by atoms with Gasteiger partial charge in [0.25, 0.3) is 5.82 Å². The highest BCUT2D eigenvalue weighted by Gasteiger charge is 2.25. The van der Waals surface area contributed by atoms with Crippen molar-refractivity contribution in [2.24, 2.45) is 0 Å². The fourth-order valence-corrected chi connectivity index (χ4v) is 7.12. The molecule has 254 valence electrons. The van der Waals surface area contributed by atoms with Crippen LogP contribution in [0.3, 0.4) is 0 Å². The van der Waals surface area contributed by atoms with Crippen molar-refractivity contribution in [3.8, 4) is 0 Å². The summed E-state index contributed by atoms with van der Waals surface area (Å²) in [5, 5.41) is 0. The van der Waals surface area contributed by atoms with Gasteiger partial charge in [-0.25, -0.2) is 9.55 Å². The Morgan fingerprint density at radius 1 is 0.442 bits per heavy atom. The molecule has 1 aromatic rings. The summed E-state index contributed by atoms with van der Waals surface area (Å²) in [6, 6.07) is 0.620. The van der Waals surface area contributed by atoms with Crippen molar-refractivity contribution in [2.45, 2.75) is 245 Å². The average molecular weight is 602 g/mol. The van der Waals surface area contributed by atoms with Gasteiger partial charge in [-0.1, -0.05) is 201 Å². The normalized spacial score (nSPS) is 13.1. The third-order valence-electron chi connectivity index (χ3n) is 10.1. The molecule has 0 radical (unpaired) electrons. The van der Waals surface area contributed by atoms with E-state index in [1.807, 2.05) is 0 Å². The van der Waals surface area contributed by atoms with Gasteiger partial charge in [-0.3, -0.25) is 0 Å². The van der Waals surface area contributed by atoms with Gasteiger partial charge in [0.1, 0.15) is 12.4 Å². The molecule has 2 heteroatoms. The summed E-state index contributed by atoms with van der Waals surface area (Å²) in [5.41, 5.74) is 0. The summed E-state index contributed by atoms with van der Waals surface area (Å²) in [7, 11) is 0. The highest BCUT2D eigenvalue weighted by atomic mass is 15.1. The van der Waals surface area contributed by atoms with E-state index >= 15 is 0 Å². The fourth-order valence-electron chi connectivity index (χ4n) is 7.12. The Bertz CT molecular complexity index is 664. The number of nitrogens with zero attached hydrogens (tertiary/aromatic N) is 1. The van der Waals surface area contributed by atoms with Crippen LogP contribution in [0.15, 0.2) is 12.4 Å². The Morgan fingerprint density at radius 3 is 1.16 bits per heavy atom. The first kappa shape index (κ1) is 40.2. The van der Waals surface area contributed by atoms with Gasteiger partial charge in [0.05, 0.1) is 12.0 Å². The van der Waals surface area contributed by atoms with Crippen LogP contribution in [0.2, 0.25) is 0 Å². The Morgan fingerprint density at radius 2 is 0.767 bits per heavy atom. The molecular weight excluding hydrogens is 520 g/mol. The molecule has 0 aliphatic rings. The fraction of sp³-hybridized carbons (Fsp3) is 0.927. The van der Waals surface area contributed by atoms with Gasteiger partial charge in [0.2, 0.25) is 0 Å². The third-order valence-corrected chi connectivity index (χ3v) is 10.1. The predicted molar refractivity (Wildman–Crippen MR) is 193 cm³/mol. The molecule has 2 unspecified atom stereocenters. The molecule has 0 saturated carbocycles. The van der Waals surface area contributed by atoms with Gasteiger partial charge < -0.3 is 0 Å². The highest BCUT2D eigenvalue weighted by molar-refractivity contribution is 4.90. The maximum absolute atomic E-state index is 3.71. The standard InChI is InChI=1S/C41H80N2/c1-5-8-11-13-15-17-19-21-23-24-26-28-30-32-34-39(4)43-38-37-42-41(43)40(35-10-7-3)36-33-31-29-27-25-22-20-18-16-14-12-9-6-2/h37-40H,5-36H2,1-4H3/p+1. The number of imidazole rings is 1. The molecule has 43 heavy (non-hydrogen) atoms. The van der Waals surface area contributed by atoms with E-state index in [0.29, 0.717) is 12.0 Å². The summed E-state index contributed by atoms with van der Waals surface area (Å²) >= 11 is 0. The van der Waals surface area contributed by atoms with Crippen molar-refractivity contribution in [3.63, 3.8) is 0 Å². The molecule has 0 spiro atoms.